The maximum absolute atomic E-state index is 13.2. The second-order valence-corrected chi connectivity index (χ2v) is 6.14. The van der Waals surface area contributed by atoms with Crippen LogP contribution in [0.25, 0.3) is 0 Å². The molecule has 1 atom stereocenters. The van der Waals surface area contributed by atoms with Crippen molar-refractivity contribution in [2.75, 3.05) is 31.6 Å². The van der Waals surface area contributed by atoms with Crippen LogP contribution in [-0.4, -0.2) is 49.4 Å². The monoisotopic (exact) mass is 340 g/mol. The van der Waals surface area contributed by atoms with E-state index in [4.69, 9.17) is 9.47 Å². The van der Waals surface area contributed by atoms with Gasteiger partial charge in [-0.3, -0.25) is 9.69 Å². The van der Waals surface area contributed by atoms with Gasteiger partial charge in [0.15, 0.2) is 17.9 Å². The summed E-state index contributed by atoms with van der Waals surface area (Å²) in [5.74, 6) is -2.13. The van der Waals surface area contributed by atoms with Crippen molar-refractivity contribution < 1.29 is 23.0 Å². The second kappa shape index (κ2) is 8.00. The first-order chi connectivity index (χ1) is 11.6. The van der Waals surface area contributed by atoms with E-state index in [0.717, 1.165) is 37.9 Å². The molecule has 1 aromatic rings. The number of likely N-dealkylation sites (tertiary alicyclic amines) is 1. The predicted octanol–water partition coefficient (Wildman–Crippen LogP) is 2.52. The summed E-state index contributed by atoms with van der Waals surface area (Å²) in [6.45, 7) is 2.73. The lowest BCUT2D eigenvalue weighted by Crippen LogP contribution is -2.48. The molecule has 0 radical (unpaired) electrons. The van der Waals surface area contributed by atoms with Crippen LogP contribution in [0, 0.1) is 11.6 Å². The smallest absolute Gasteiger partial charge is 0.225 e. The highest BCUT2D eigenvalue weighted by Gasteiger charge is 2.33. The number of carbonyl (C=O) groups is 1. The van der Waals surface area contributed by atoms with E-state index in [9.17, 15) is 13.6 Å². The topological polar surface area (TPSA) is 50.8 Å². The normalized spacial score (nSPS) is 22.7. The van der Waals surface area contributed by atoms with Crippen molar-refractivity contribution in [3.05, 3.63) is 29.8 Å². The molecule has 0 bridgehead atoms. The molecule has 1 aromatic carbocycles. The van der Waals surface area contributed by atoms with Gasteiger partial charge in [-0.1, -0.05) is 6.42 Å². The maximum atomic E-state index is 13.2. The van der Waals surface area contributed by atoms with Crippen molar-refractivity contribution in [3.8, 4) is 0 Å². The van der Waals surface area contributed by atoms with Gasteiger partial charge >= 0.3 is 0 Å². The third-order valence-electron chi connectivity index (χ3n) is 4.46. The van der Waals surface area contributed by atoms with Crippen LogP contribution in [0.1, 0.15) is 25.7 Å². The van der Waals surface area contributed by atoms with Gasteiger partial charge in [-0.05, 0) is 31.5 Å². The minimum absolute atomic E-state index is 0.178. The molecule has 5 nitrogen and oxygen atoms in total. The number of piperidine rings is 1. The third-order valence-corrected chi connectivity index (χ3v) is 4.46. The van der Waals surface area contributed by atoms with Crippen molar-refractivity contribution >= 4 is 11.6 Å². The Hall–Kier alpha value is -1.57. The van der Waals surface area contributed by atoms with E-state index in [1.54, 1.807) is 0 Å². The van der Waals surface area contributed by atoms with E-state index in [1.165, 1.54) is 6.07 Å². The third kappa shape index (κ3) is 4.28. The van der Waals surface area contributed by atoms with E-state index in [-0.39, 0.29) is 30.3 Å². The van der Waals surface area contributed by atoms with Crippen LogP contribution in [0.15, 0.2) is 18.2 Å². The highest BCUT2D eigenvalue weighted by atomic mass is 19.2. The Balaban J connectivity index is 1.51. The van der Waals surface area contributed by atoms with E-state index in [2.05, 4.69) is 10.2 Å². The first kappa shape index (κ1) is 17.3. The van der Waals surface area contributed by atoms with Crippen LogP contribution >= 0.6 is 0 Å². The Labute approximate surface area is 139 Å². The molecule has 2 aliphatic rings. The first-order valence-electron chi connectivity index (χ1n) is 8.35. The van der Waals surface area contributed by atoms with Crippen LogP contribution in [-0.2, 0) is 14.3 Å². The van der Waals surface area contributed by atoms with Gasteiger partial charge in [-0.15, -0.1) is 0 Å². The van der Waals surface area contributed by atoms with E-state index < -0.39 is 11.6 Å². The van der Waals surface area contributed by atoms with E-state index in [0.29, 0.717) is 19.8 Å². The minimum atomic E-state index is -0.973. The van der Waals surface area contributed by atoms with Crippen molar-refractivity contribution in [2.45, 2.75) is 38.0 Å². The number of benzene rings is 1. The average Bonchev–Trinajstić information content (AvgIpc) is 3.11. The number of nitrogens with one attached hydrogen (secondary N) is 1. The molecular formula is C17H22F2N2O3. The van der Waals surface area contributed by atoms with Gasteiger partial charge in [0.2, 0.25) is 5.91 Å². The number of carbonyl (C=O) groups excluding carboxylic acids is 1. The standard InChI is InChI=1S/C17H22F2N2O3/c18-13-5-4-12(11-14(13)19)20-16(22)6-8-21-7-2-1-3-15(21)17-23-9-10-24-17/h4-5,11,15,17H,1-3,6-10H2,(H,20,22). The Morgan fingerprint density at radius 3 is 2.75 bits per heavy atom. The highest BCUT2D eigenvalue weighted by molar-refractivity contribution is 5.90. The summed E-state index contributed by atoms with van der Waals surface area (Å²) in [5.41, 5.74) is 0.261. The minimum Gasteiger partial charge on any atom is -0.349 e. The SMILES string of the molecule is O=C(CCN1CCCCC1C1OCCO1)Nc1ccc(F)c(F)c1. The van der Waals surface area contributed by atoms with Crippen molar-refractivity contribution in [1.82, 2.24) is 4.90 Å². The second-order valence-electron chi connectivity index (χ2n) is 6.14. The number of halogens is 2. The fraction of sp³-hybridized carbons (Fsp3) is 0.588. The fourth-order valence-corrected chi connectivity index (χ4v) is 3.24. The lowest BCUT2D eigenvalue weighted by atomic mass is 10.0. The molecule has 0 spiro atoms. The molecule has 24 heavy (non-hydrogen) atoms. The summed E-state index contributed by atoms with van der Waals surface area (Å²) in [6, 6.07) is 3.51. The summed E-state index contributed by atoms with van der Waals surface area (Å²) in [6.07, 6.45) is 3.29. The number of amides is 1. The average molecular weight is 340 g/mol. The molecule has 3 rings (SSSR count). The summed E-state index contributed by atoms with van der Waals surface area (Å²) in [5, 5.41) is 2.60. The van der Waals surface area contributed by atoms with Gasteiger partial charge in [0.05, 0.1) is 19.3 Å². The van der Waals surface area contributed by atoms with E-state index in [1.807, 2.05) is 0 Å². The first-order valence-corrected chi connectivity index (χ1v) is 8.35. The Morgan fingerprint density at radius 1 is 1.21 bits per heavy atom. The van der Waals surface area contributed by atoms with Crippen LogP contribution in [0.5, 0.6) is 0 Å². The molecule has 7 heteroatoms. The molecule has 2 aliphatic heterocycles. The largest absolute Gasteiger partial charge is 0.349 e. The highest BCUT2D eigenvalue weighted by Crippen LogP contribution is 2.24. The van der Waals surface area contributed by atoms with Gasteiger partial charge in [0, 0.05) is 24.7 Å². The Kier molecular flexibility index (Phi) is 5.76. The van der Waals surface area contributed by atoms with Gasteiger partial charge in [0.25, 0.3) is 0 Å². The molecule has 2 fully saturated rings. The summed E-state index contributed by atoms with van der Waals surface area (Å²) >= 11 is 0. The zero-order chi connectivity index (χ0) is 16.9. The zero-order valence-electron chi connectivity index (χ0n) is 13.5. The molecule has 132 valence electrons. The van der Waals surface area contributed by atoms with Crippen LogP contribution in [0.3, 0.4) is 0 Å². The zero-order valence-corrected chi connectivity index (χ0v) is 13.5. The lowest BCUT2D eigenvalue weighted by Gasteiger charge is -2.37. The summed E-state index contributed by atoms with van der Waals surface area (Å²) in [7, 11) is 0. The Bertz CT molecular complexity index is 579. The fourth-order valence-electron chi connectivity index (χ4n) is 3.24. The molecule has 2 saturated heterocycles. The summed E-state index contributed by atoms with van der Waals surface area (Å²) < 4.78 is 37.3. The number of anilines is 1. The number of hydrogen-bond donors (Lipinski definition) is 1. The van der Waals surface area contributed by atoms with Crippen LogP contribution in [0.2, 0.25) is 0 Å². The molecule has 1 amide bonds. The molecule has 1 unspecified atom stereocenters. The number of rotatable bonds is 5. The number of nitrogens with zero attached hydrogens (tertiary/aromatic N) is 1. The maximum Gasteiger partial charge on any atom is 0.225 e. The molecule has 0 saturated carbocycles. The molecule has 0 aromatic heterocycles. The number of ether oxygens (including phenoxy) is 2. The number of hydrogen-bond acceptors (Lipinski definition) is 4. The van der Waals surface area contributed by atoms with Crippen LogP contribution < -0.4 is 5.32 Å². The van der Waals surface area contributed by atoms with Crippen molar-refractivity contribution in [3.63, 3.8) is 0 Å². The van der Waals surface area contributed by atoms with Crippen molar-refractivity contribution in [2.24, 2.45) is 0 Å². The molecule has 1 N–H and O–H groups in total. The van der Waals surface area contributed by atoms with Gasteiger partial charge in [-0.25, -0.2) is 8.78 Å². The Morgan fingerprint density at radius 2 is 2.00 bits per heavy atom. The van der Waals surface area contributed by atoms with Gasteiger partial charge < -0.3 is 14.8 Å². The molecule has 2 heterocycles. The molecule has 0 aliphatic carbocycles. The quantitative estimate of drug-likeness (QED) is 0.895. The summed E-state index contributed by atoms with van der Waals surface area (Å²) in [4.78, 5) is 14.3. The van der Waals surface area contributed by atoms with Gasteiger partial charge in [-0.2, -0.15) is 0 Å². The van der Waals surface area contributed by atoms with E-state index >= 15 is 0 Å². The lowest BCUT2D eigenvalue weighted by molar-refractivity contribution is -0.120. The molecular weight excluding hydrogens is 318 g/mol. The van der Waals surface area contributed by atoms with Crippen LogP contribution in [0.4, 0.5) is 14.5 Å². The predicted molar refractivity (Wildman–Crippen MR) is 84.5 cm³/mol. The van der Waals surface area contributed by atoms with Crippen molar-refractivity contribution in [1.29, 1.82) is 0 Å². The van der Waals surface area contributed by atoms with Gasteiger partial charge in [0.1, 0.15) is 0 Å².